The minimum atomic E-state index is 0.144. The molecule has 1 fully saturated rings. The normalized spacial score (nSPS) is 14.6. The number of hydrogen-bond donors (Lipinski definition) is 0. The molecule has 0 N–H and O–H groups in total. The number of rotatable bonds is 3. The van der Waals surface area contributed by atoms with Crippen molar-refractivity contribution in [3.8, 4) is 5.75 Å². The van der Waals surface area contributed by atoms with E-state index in [-0.39, 0.29) is 5.91 Å². The van der Waals surface area contributed by atoms with Gasteiger partial charge in [-0.25, -0.2) is 0 Å². The van der Waals surface area contributed by atoms with Crippen molar-refractivity contribution in [2.75, 3.05) is 38.2 Å². The largest absolute Gasteiger partial charge is 0.497 e. The summed E-state index contributed by atoms with van der Waals surface area (Å²) in [5.41, 5.74) is 4.17. The van der Waals surface area contributed by atoms with Gasteiger partial charge in [-0.3, -0.25) is 4.79 Å². The lowest BCUT2D eigenvalue weighted by molar-refractivity contribution is 0.0746. The lowest BCUT2D eigenvalue weighted by Gasteiger charge is -2.36. The molecule has 4 heteroatoms. The van der Waals surface area contributed by atoms with Crippen LogP contribution in [0.25, 0.3) is 0 Å². The van der Waals surface area contributed by atoms with Crippen molar-refractivity contribution in [1.82, 2.24) is 4.90 Å². The van der Waals surface area contributed by atoms with Gasteiger partial charge in [-0.1, -0.05) is 17.7 Å². The average Bonchev–Trinajstić information content (AvgIpc) is 2.63. The molecule has 1 saturated heterocycles. The second kappa shape index (κ2) is 6.95. The molecule has 0 spiro atoms. The lowest BCUT2D eigenvalue weighted by atomic mass is 10.0. The number of benzene rings is 2. The molecular weight excluding hydrogens is 300 g/mol. The SMILES string of the molecule is COc1ccc(N2CCN(C(=O)c3cc(C)ccc3C)CC2)cc1. The molecule has 0 bridgehead atoms. The number of aryl methyl sites for hydroxylation is 2. The molecule has 0 saturated carbocycles. The maximum atomic E-state index is 12.8. The number of anilines is 1. The van der Waals surface area contributed by atoms with Crippen LogP contribution in [-0.2, 0) is 0 Å². The molecule has 0 aromatic heterocycles. The molecule has 24 heavy (non-hydrogen) atoms. The van der Waals surface area contributed by atoms with Crippen molar-refractivity contribution < 1.29 is 9.53 Å². The molecule has 1 amide bonds. The Morgan fingerprint density at radius 2 is 1.62 bits per heavy atom. The molecule has 4 nitrogen and oxygen atoms in total. The second-order valence-electron chi connectivity index (χ2n) is 6.30. The molecule has 0 aliphatic carbocycles. The van der Waals surface area contributed by atoms with Crippen LogP contribution in [-0.4, -0.2) is 44.1 Å². The number of carbonyl (C=O) groups excluding carboxylic acids is 1. The van der Waals surface area contributed by atoms with Crippen molar-refractivity contribution in [3.05, 3.63) is 59.2 Å². The van der Waals surface area contributed by atoms with Gasteiger partial charge >= 0.3 is 0 Å². The van der Waals surface area contributed by atoms with E-state index < -0.39 is 0 Å². The molecule has 126 valence electrons. The number of piperazine rings is 1. The van der Waals surface area contributed by atoms with Crippen molar-refractivity contribution in [1.29, 1.82) is 0 Å². The van der Waals surface area contributed by atoms with Crippen LogP contribution >= 0.6 is 0 Å². The zero-order valence-electron chi connectivity index (χ0n) is 14.6. The molecule has 1 aliphatic heterocycles. The third-order valence-corrected chi connectivity index (χ3v) is 4.63. The molecule has 2 aromatic rings. The predicted octanol–water partition coefficient (Wildman–Crippen LogP) is 3.27. The standard InChI is InChI=1S/C20H24N2O2/c1-15-4-5-16(2)19(14-15)20(23)22-12-10-21(11-13-22)17-6-8-18(24-3)9-7-17/h4-9,14H,10-13H2,1-3H3. The average molecular weight is 324 g/mol. The topological polar surface area (TPSA) is 32.8 Å². The Morgan fingerprint density at radius 3 is 2.25 bits per heavy atom. The Hall–Kier alpha value is -2.49. The van der Waals surface area contributed by atoms with E-state index in [9.17, 15) is 4.79 Å². The molecule has 2 aromatic carbocycles. The molecule has 0 atom stereocenters. The van der Waals surface area contributed by atoms with Crippen LogP contribution in [0.15, 0.2) is 42.5 Å². The summed E-state index contributed by atoms with van der Waals surface area (Å²) in [5.74, 6) is 1.01. The Morgan fingerprint density at radius 1 is 0.958 bits per heavy atom. The summed E-state index contributed by atoms with van der Waals surface area (Å²) in [6, 6.07) is 14.2. The summed E-state index contributed by atoms with van der Waals surface area (Å²) in [5, 5.41) is 0. The first kappa shape index (κ1) is 16.4. The number of hydrogen-bond acceptors (Lipinski definition) is 3. The lowest BCUT2D eigenvalue weighted by Crippen LogP contribution is -2.49. The first-order valence-corrected chi connectivity index (χ1v) is 8.34. The molecule has 3 rings (SSSR count). The van der Waals surface area contributed by atoms with E-state index in [0.29, 0.717) is 0 Å². The number of amides is 1. The van der Waals surface area contributed by atoms with Crippen LogP contribution in [0.2, 0.25) is 0 Å². The monoisotopic (exact) mass is 324 g/mol. The highest BCUT2D eigenvalue weighted by Crippen LogP contribution is 2.21. The second-order valence-corrected chi connectivity index (χ2v) is 6.30. The maximum Gasteiger partial charge on any atom is 0.254 e. The zero-order valence-corrected chi connectivity index (χ0v) is 14.6. The Kier molecular flexibility index (Phi) is 4.74. The van der Waals surface area contributed by atoms with Gasteiger partial charge < -0.3 is 14.5 Å². The Bertz CT molecular complexity index is 717. The van der Waals surface area contributed by atoms with E-state index in [4.69, 9.17) is 4.74 Å². The van der Waals surface area contributed by atoms with Crippen LogP contribution in [0.1, 0.15) is 21.5 Å². The van der Waals surface area contributed by atoms with Gasteiger partial charge in [-0.15, -0.1) is 0 Å². The van der Waals surface area contributed by atoms with Gasteiger partial charge in [0, 0.05) is 37.4 Å². The van der Waals surface area contributed by atoms with Crippen molar-refractivity contribution >= 4 is 11.6 Å². The third kappa shape index (κ3) is 3.37. The fourth-order valence-corrected chi connectivity index (χ4v) is 3.10. The summed E-state index contributed by atoms with van der Waals surface area (Å²) in [6.45, 7) is 7.22. The highest BCUT2D eigenvalue weighted by molar-refractivity contribution is 5.96. The van der Waals surface area contributed by atoms with Crippen molar-refractivity contribution in [2.45, 2.75) is 13.8 Å². The minimum absolute atomic E-state index is 0.144. The molecule has 0 radical (unpaired) electrons. The van der Waals surface area contributed by atoms with Crippen LogP contribution < -0.4 is 9.64 Å². The molecular formula is C20H24N2O2. The van der Waals surface area contributed by atoms with Crippen LogP contribution in [0.4, 0.5) is 5.69 Å². The Labute approximate surface area is 143 Å². The van der Waals surface area contributed by atoms with Crippen LogP contribution in [0, 0.1) is 13.8 Å². The first-order valence-electron chi connectivity index (χ1n) is 8.34. The van der Waals surface area contributed by atoms with Gasteiger partial charge in [0.15, 0.2) is 0 Å². The fraction of sp³-hybridized carbons (Fsp3) is 0.350. The van der Waals surface area contributed by atoms with E-state index in [1.54, 1.807) is 7.11 Å². The number of ether oxygens (including phenoxy) is 1. The van der Waals surface area contributed by atoms with Gasteiger partial charge in [0.05, 0.1) is 7.11 Å². The summed E-state index contributed by atoms with van der Waals surface area (Å²) < 4.78 is 5.20. The maximum absolute atomic E-state index is 12.8. The first-order chi connectivity index (χ1) is 11.6. The van der Waals surface area contributed by atoms with Gasteiger partial charge in [0.25, 0.3) is 5.91 Å². The number of methoxy groups -OCH3 is 1. The minimum Gasteiger partial charge on any atom is -0.497 e. The summed E-state index contributed by atoms with van der Waals surface area (Å²) in [6.07, 6.45) is 0. The molecule has 1 heterocycles. The molecule has 1 aliphatic rings. The fourth-order valence-electron chi connectivity index (χ4n) is 3.10. The Balaban J connectivity index is 1.65. The smallest absolute Gasteiger partial charge is 0.254 e. The van der Waals surface area contributed by atoms with Crippen molar-refractivity contribution in [2.24, 2.45) is 0 Å². The van der Waals surface area contributed by atoms with Gasteiger partial charge in [-0.2, -0.15) is 0 Å². The quantitative estimate of drug-likeness (QED) is 0.869. The number of nitrogens with zero attached hydrogens (tertiary/aromatic N) is 2. The number of carbonyl (C=O) groups is 1. The zero-order chi connectivity index (χ0) is 17.1. The summed E-state index contributed by atoms with van der Waals surface area (Å²) in [7, 11) is 1.67. The van der Waals surface area contributed by atoms with Crippen LogP contribution in [0.5, 0.6) is 5.75 Å². The summed E-state index contributed by atoms with van der Waals surface area (Å²) >= 11 is 0. The molecule has 0 unspecified atom stereocenters. The highest BCUT2D eigenvalue weighted by Gasteiger charge is 2.23. The van der Waals surface area contributed by atoms with E-state index in [2.05, 4.69) is 17.0 Å². The van der Waals surface area contributed by atoms with E-state index >= 15 is 0 Å². The third-order valence-electron chi connectivity index (χ3n) is 4.63. The van der Waals surface area contributed by atoms with Gasteiger partial charge in [-0.05, 0) is 49.7 Å². The van der Waals surface area contributed by atoms with Crippen LogP contribution in [0.3, 0.4) is 0 Å². The van der Waals surface area contributed by atoms with E-state index in [1.807, 2.05) is 49.1 Å². The summed E-state index contributed by atoms with van der Waals surface area (Å²) in [4.78, 5) is 17.1. The van der Waals surface area contributed by atoms with E-state index in [0.717, 1.165) is 48.6 Å². The van der Waals surface area contributed by atoms with Gasteiger partial charge in [0.1, 0.15) is 5.75 Å². The highest BCUT2D eigenvalue weighted by atomic mass is 16.5. The van der Waals surface area contributed by atoms with Gasteiger partial charge in [0.2, 0.25) is 0 Å². The van der Waals surface area contributed by atoms with E-state index in [1.165, 1.54) is 5.69 Å². The predicted molar refractivity (Wildman–Crippen MR) is 97.0 cm³/mol. The van der Waals surface area contributed by atoms with Crippen molar-refractivity contribution in [3.63, 3.8) is 0 Å².